The van der Waals surface area contributed by atoms with Crippen LogP contribution in [-0.2, 0) is 4.79 Å². The molecule has 3 rings (SSSR count). The van der Waals surface area contributed by atoms with E-state index in [2.05, 4.69) is 52.6 Å². The highest BCUT2D eigenvalue weighted by atomic mass is 127. The first-order chi connectivity index (χ1) is 12.6. The molecular formula is C19H36IN5O. The lowest BCUT2D eigenvalue weighted by atomic mass is 10.0. The van der Waals surface area contributed by atoms with E-state index in [9.17, 15) is 4.79 Å². The molecule has 0 unspecified atom stereocenters. The van der Waals surface area contributed by atoms with Crippen molar-refractivity contribution in [2.45, 2.75) is 38.1 Å². The molecule has 0 bridgehead atoms. The molecular weight excluding hydrogens is 441 g/mol. The number of piperazine rings is 2. The molecule has 0 aromatic rings. The van der Waals surface area contributed by atoms with Crippen molar-refractivity contribution in [3.63, 3.8) is 0 Å². The van der Waals surface area contributed by atoms with E-state index in [0.717, 1.165) is 58.0 Å². The minimum Gasteiger partial charge on any atom is -0.340 e. The van der Waals surface area contributed by atoms with Crippen LogP contribution < -0.4 is 0 Å². The highest BCUT2D eigenvalue weighted by Gasteiger charge is 2.27. The van der Waals surface area contributed by atoms with Crippen LogP contribution in [-0.4, -0.2) is 114 Å². The van der Waals surface area contributed by atoms with Crippen molar-refractivity contribution in [2.24, 2.45) is 0 Å². The van der Waals surface area contributed by atoms with Gasteiger partial charge in [0, 0.05) is 87.7 Å². The highest BCUT2D eigenvalue weighted by molar-refractivity contribution is 14.1. The second-order valence-corrected chi connectivity index (χ2v) is 9.52. The minimum absolute atomic E-state index is 0.380. The van der Waals surface area contributed by atoms with Gasteiger partial charge < -0.3 is 14.7 Å². The zero-order chi connectivity index (χ0) is 18.4. The number of likely N-dealkylation sites (tertiary alicyclic amines) is 1. The van der Waals surface area contributed by atoms with Crippen LogP contribution in [0.5, 0.6) is 0 Å². The van der Waals surface area contributed by atoms with Crippen molar-refractivity contribution in [3.05, 3.63) is 0 Å². The van der Waals surface area contributed by atoms with Crippen LogP contribution in [0.4, 0.5) is 0 Å². The molecule has 3 fully saturated rings. The maximum atomic E-state index is 12.5. The predicted octanol–water partition coefficient (Wildman–Crippen LogP) is 1.36. The number of hydrogen-bond acceptors (Lipinski definition) is 5. The van der Waals surface area contributed by atoms with Gasteiger partial charge in [-0.05, 0) is 52.4 Å². The summed E-state index contributed by atoms with van der Waals surface area (Å²) in [6.45, 7) is 12.3. The second kappa shape index (κ2) is 10.5. The van der Waals surface area contributed by atoms with Crippen LogP contribution in [0, 0.1) is 0 Å². The van der Waals surface area contributed by atoms with E-state index >= 15 is 0 Å². The van der Waals surface area contributed by atoms with E-state index in [-0.39, 0.29) is 0 Å². The van der Waals surface area contributed by atoms with Gasteiger partial charge in [-0.25, -0.2) is 3.11 Å². The van der Waals surface area contributed by atoms with Gasteiger partial charge in [0.15, 0.2) is 0 Å². The number of carbonyl (C=O) groups excluding carboxylic acids is 1. The molecule has 0 radical (unpaired) electrons. The van der Waals surface area contributed by atoms with Crippen LogP contribution in [0.15, 0.2) is 0 Å². The molecule has 0 spiro atoms. The van der Waals surface area contributed by atoms with Gasteiger partial charge in [-0.3, -0.25) is 9.69 Å². The molecule has 3 heterocycles. The van der Waals surface area contributed by atoms with Gasteiger partial charge in [0.25, 0.3) is 0 Å². The fourth-order valence-corrected chi connectivity index (χ4v) is 4.84. The van der Waals surface area contributed by atoms with Gasteiger partial charge in [-0.2, -0.15) is 0 Å². The third-order valence-corrected chi connectivity index (χ3v) is 7.27. The standard InChI is InChI=1S/C19H36IN5O/c1-21-8-5-18(6-9-21)23-12-14-24(15-13-23)19(26)4-2-3-7-22-10-16-25(20)17-11-22/h18H,2-17H2,1H3. The Bertz CT molecular complexity index is 428. The Hall–Kier alpha value is 0.0400. The molecule has 0 atom stereocenters. The Kier molecular flexibility index (Phi) is 8.42. The summed E-state index contributed by atoms with van der Waals surface area (Å²) in [5.74, 6) is 0.380. The van der Waals surface area contributed by atoms with Crippen LogP contribution in [0.3, 0.4) is 0 Å². The lowest BCUT2D eigenvalue weighted by Crippen LogP contribution is -2.54. The predicted molar refractivity (Wildman–Crippen MR) is 115 cm³/mol. The quantitative estimate of drug-likeness (QED) is 0.328. The first-order valence-electron chi connectivity index (χ1n) is 10.5. The van der Waals surface area contributed by atoms with Gasteiger partial charge in [0.2, 0.25) is 5.91 Å². The van der Waals surface area contributed by atoms with Crippen molar-refractivity contribution in [1.29, 1.82) is 0 Å². The summed E-state index contributed by atoms with van der Waals surface area (Å²) in [5.41, 5.74) is 0. The van der Waals surface area contributed by atoms with Crippen molar-refractivity contribution in [1.82, 2.24) is 22.7 Å². The van der Waals surface area contributed by atoms with Crippen LogP contribution in [0.25, 0.3) is 0 Å². The maximum Gasteiger partial charge on any atom is 0.222 e. The van der Waals surface area contributed by atoms with Crippen molar-refractivity contribution in [2.75, 3.05) is 79.0 Å². The van der Waals surface area contributed by atoms with E-state index < -0.39 is 0 Å². The highest BCUT2D eigenvalue weighted by Crippen LogP contribution is 2.18. The molecule has 26 heavy (non-hydrogen) atoms. The van der Waals surface area contributed by atoms with Crippen molar-refractivity contribution in [3.8, 4) is 0 Å². The fraction of sp³-hybridized carbons (Fsp3) is 0.947. The largest absolute Gasteiger partial charge is 0.340 e. The molecule has 7 heteroatoms. The zero-order valence-electron chi connectivity index (χ0n) is 16.4. The number of unbranched alkanes of at least 4 members (excludes halogenated alkanes) is 1. The third-order valence-electron chi connectivity index (χ3n) is 6.30. The van der Waals surface area contributed by atoms with Gasteiger partial charge >= 0.3 is 0 Å². The Morgan fingerprint density at radius 2 is 1.54 bits per heavy atom. The molecule has 0 aliphatic carbocycles. The van der Waals surface area contributed by atoms with E-state index in [1.54, 1.807) is 0 Å². The zero-order valence-corrected chi connectivity index (χ0v) is 18.6. The SMILES string of the molecule is CN1CCC(N2CCN(C(=O)CCCCN3CCN(I)CC3)CC2)CC1. The molecule has 1 amide bonds. The fourth-order valence-electron chi connectivity index (χ4n) is 4.41. The smallest absolute Gasteiger partial charge is 0.222 e. The minimum atomic E-state index is 0.380. The summed E-state index contributed by atoms with van der Waals surface area (Å²) < 4.78 is 2.36. The van der Waals surface area contributed by atoms with Crippen LogP contribution in [0.1, 0.15) is 32.1 Å². The normalized spacial score (nSPS) is 25.7. The number of amides is 1. The van der Waals surface area contributed by atoms with Gasteiger partial charge in [-0.15, -0.1) is 0 Å². The van der Waals surface area contributed by atoms with Crippen molar-refractivity contribution < 1.29 is 4.79 Å². The number of nitrogens with zero attached hydrogens (tertiary/aromatic N) is 5. The number of carbonyl (C=O) groups is 1. The van der Waals surface area contributed by atoms with Gasteiger partial charge in [0.05, 0.1) is 0 Å². The summed E-state index contributed by atoms with van der Waals surface area (Å²) in [4.78, 5) is 22.2. The summed E-state index contributed by atoms with van der Waals surface area (Å²) in [6, 6.07) is 0.742. The summed E-state index contributed by atoms with van der Waals surface area (Å²) >= 11 is 2.41. The third kappa shape index (κ3) is 6.29. The molecule has 0 aromatic carbocycles. The summed E-state index contributed by atoms with van der Waals surface area (Å²) in [7, 11) is 2.22. The second-order valence-electron chi connectivity index (χ2n) is 8.16. The monoisotopic (exact) mass is 477 g/mol. The van der Waals surface area contributed by atoms with Crippen molar-refractivity contribution >= 4 is 28.8 Å². The number of rotatable bonds is 6. The Balaban J connectivity index is 1.26. The van der Waals surface area contributed by atoms with E-state index in [0.29, 0.717) is 5.91 Å². The van der Waals surface area contributed by atoms with E-state index in [1.807, 2.05) is 0 Å². The Morgan fingerprint density at radius 3 is 2.19 bits per heavy atom. The number of piperidine rings is 1. The average molecular weight is 477 g/mol. The Labute approximate surface area is 173 Å². The van der Waals surface area contributed by atoms with Gasteiger partial charge in [0.1, 0.15) is 0 Å². The average Bonchev–Trinajstić information content (AvgIpc) is 2.67. The molecule has 3 saturated heterocycles. The van der Waals surface area contributed by atoms with E-state index in [4.69, 9.17) is 0 Å². The molecule has 6 nitrogen and oxygen atoms in total. The first-order valence-corrected chi connectivity index (χ1v) is 11.4. The topological polar surface area (TPSA) is 33.3 Å². The lowest BCUT2D eigenvalue weighted by Gasteiger charge is -2.42. The number of halogens is 1. The molecule has 0 N–H and O–H groups in total. The molecule has 3 aliphatic heterocycles. The lowest BCUT2D eigenvalue weighted by molar-refractivity contribution is -0.133. The molecule has 0 saturated carbocycles. The Morgan fingerprint density at radius 1 is 0.885 bits per heavy atom. The molecule has 3 aliphatic rings. The number of hydrogen-bond donors (Lipinski definition) is 0. The molecule has 150 valence electrons. The first kappa shape index (κ1) is 20.8. The molecule has 0 aromatic heterocycles. The summed E-state index contributed by atoms with van der Waals surface area (Å²) in [5, 5.41) is 0. The maximum absolute atomic E-state index is 12.5. The van der Waals surface area contributed by atoms with Gasteiger partial charge in [-0.1, -0.05) is 0 Å². The van der Waals surface area contributed by atoms with Crippen LogP contribution >= 0.6 is 22.9 Å². The van der Waals surface area contributed by atoms with E-state index in [1.165, 1.54) is 52.1 Å². The summed E-state index contributed by atoms with van der Waals surface area (Å²) in [6.07, 6.45) is 5.51. The van der Waals surface area contributed by atoms with Crippen LogP contribution in [0.2, 0.25) is 0 Å².